The van der Waals surface area contributed by atoms with Crippen molar-refractivity contribution in [2.45, 2.75) is 31.0 Å². The first-order valence-electron chi connectivity index (χ1n) is 12.1. The number of carbonyl (C=O) groups excluding carboxylic acids is 2. The van der Waals surface area contributed by atoms with Gasteiger partial charge in [0.1, 0.15) is 30.3 Å². The van der Waals surface area contributed by atoms with Crippen LogP contribution in [0.4, 0.5) is 5.82 Å². The zero-order chi connectivity index (χ0) is 28.6. The number of methoxy groups -OCH3 is 1. The molecule has 4 N–H and O–H groups in total. The van der Waals surface area contributed by atoms with Gasteiger partial charge in [-0.05, 0) is 23.7 Å². The minimum Gasteiger partial charge on any atom is -0.483 e. The average Bonchev–Trinajstić information content (AvgIpc) is 3.52. The summed E-state index contributed by atoms with van der Waals surface area (Å²) in [6.45, 7) is 0.768. The number of anilines is 1. The molecule has 2 aromatic heterocycles. The minimum absolute atomic E-state index is 0.196. The molecule has 2 amide bonds. The van der Waals surface area contributed by atoms with Gasteiger partial charge in [0.15, 0.2) is 29.8 Å². The second-order valence-electron chi connectivity index (χ2n) is 8.53. The van der Waals surface area contributed by atoms with E-state index in [-0.39, 0.29) is 19.1 Å². The number of rotatable bonds is 12. The van der Waals surface area contributed by atoms with Gasteiger partial charge < -0.3 is 35.3 Å². The van der Waals surface area contributed by atoms with Crippen molar-refractivity contribution in [1.82, 2.24) is 30.2 Å². The maximum Gasteiger partial charge on any atom is 0.258 e. The standard InChI is InChI=1S/C23H27ClN10O6/c1-26-22(37)19-16(32-33-25)18(36)23(40-19)34-11-31-17-20(29-10-30-21(17)34)28-8-12-7-13(24)3-4-14(12)39-9-15(35)27-5-6-38-2/h3-4,7,10-11,16,18-19,23,36H,5-6,8-9H2,1-2H3,(H,26,37)(H,27,35)(H,28,29,30)/t16-,18+,19-,23+/m0/s1. The van der Waals surface area contributed by atoms with Crippen LogP contribution in [-0.2, 0) is 25.6 Å². The molecule has 4 rings (SSSR count). The molecule has 17 heteroatoms. The lowest BCUT2D eigenvalue weighted by Crippen LogP contribution is -2.40. The highest BCUT2D eigenvalue weighted by atomic mass is 35.5. The number of aliphatic hydroxyl groups excluding tert-OH is 1. The molecule has 1 saturated heterocycles. The van der Waals surface area contributed by atoms with Crippen molar-refractivity contribution in [2.75, 3.05) is 39.2 Å². The highest BCUT2D eigenvalue weighted by molar-refractivity contribution is 6.30. The van der Waals surface area contributed by atoms with Gasteiger partial charge >= 0.3 is 0 Å². The van der Waals surface area contributed by atoms with E-state index in [0.29, 0.717) is 46.5 Å². The van der Waals surface area contributed by atoms with Crippen LogP contribution in [0.25, 0.3) is 21.6 Å². The number of benzene rings is 1. The van der Waals surface area contributed by atoms with Crippen LogP contribution in [0.3, 0.4) is 0 Å². The molecule has 212 valence electrons. The number of fused-ring (bicyclic) bond motifs is 1. The Hall–Kier alpha value is -4.21. The highest BCUT2D eigenvalue weighted by Gasteiger charge is 2.48. The first-order chi connectivity index (χ1) is 19.4. The number of hydrogen-bond donors (Lipinski definition) is 4. The molecule has 0 spiro atoms. The number of nitrogens with one attached hydrogen (secondary N) is 3. The molecule has 0 saturated carbocycles. The van der Waals surface area contributed by atoms with Crippen LogP contribution < -0.4 is 20.7 Å². The van der Waals surface area contributed by atoms with Crippen LogP contribution in [0.5, 0.6) is 5.75 Å². The minimum atomic E-state index is -1.35. The van der Waals surface area contributed by atoms with Crippen molar-refractivity contribution < 1.29 is 28.9 Å². The van der Waals surface area contributed by atoms with Crippen LogP contribution in [-0.4, -0.2) is 88.6 Å². The van der Waals surface area contributed by atoms with Gasteiger partial charge in [0.05, 0.1) is 12.9 Å². The third kappa shape index (κ3) is 6.32. The van der Waals surface area contributed by atoms with Gasteiger partial charge in [-0.3, -0.25) is 14.2 Å². The largest absolute Gasteiger partial charge is 0.483 e. The summed E-state index contributed by atoms with van der Waals surface area (Å²) in [5.74, 6) is -0.0469. The Bertz CT molecular complexity index is 1410. The van der Waals surface area contributed by atoms with E-state index >= 15 is 0 Å². The molecule has 0 radical (unpaired) electrons. The van der Waals surface area contributed by atoms with Gasteiger partial charge in [-0.1, -0.05) is 16.7 Å². The number of nitrogens with zero attached hydrogens (tertiary/aromatic N) is 7. The van der Waals surface area contributed by atoms with Crippen LogP contribution >= 0.6 is 11.6 Å². The van der Waals surface area contributed by atoms with Crippen LogP contribution in [0.2, 0.25) is 5.02 Å². The Kier molecular flexibility index (Phi) is 9.52. The number of carbonyl (C=O) groups is 2. The van der Waals surface area contributed by atoms with E-state index in [4.69, 9.17) is 31.3 Å². The third-order valence-electron chi connectivity index (χ3n) is 6.02. The van der Waals surface area contributed by atoms with Gasteiger partial charge in [-0.2, -0.15) is 0 Å². The number of likely N-dealkylation sites (N-methyl/N-ethyl adjacent to an activating group) is 1. The van der Waals surface area contributed by atoms with Gasteiger partial charge in [0, 0.05) is 42.7 Å². The molecule has 3 aromatic rings. The molecule has 0 aliphatic carbocycles. The highest BCUT2D eigenvalue weighted by Crippen LogP contribution is 2.34. The number of ether oxygens (including phenoxy) is 3. The number of aromatic nitrogens is 4. The summed E-state index contributed by atoms with van der Waals surface area (Å²) in [6.07, 6.45) is -0.978. The van der Waals surface area contributed by atoms with Crippen molar-refractivity contribution in [3.63, 3.8) is 0 Å². The molecule has 1 aliphatic rings. The Morgan fingerprint density at radius 1 is 1.32 bits per heavy atom. The van der Waals surface area contributed by atoms with Gasteiger partial charge in [0.2, 0.25) is 5.91 Å². The quantitative estimate of drug-likeness (QED) is 0.104. The molecular weight excluding hydrogens is 548 g/mol. The van der Waals surface area contributed by atoms with Crippen molar-refractivity contribution in [1.29, 1.82) is 0 Å². The zero-order valence-corrected chi connectivity index (χ0v) is 22.3. The van der Waals surface area contributed by atoms with E-state index in [1.807, 2.05) is 0 Å². The van der Waals surface area contributed by atoms with Crippen molar-refractivity contribution >= 4 is 40.4 Å². The van der Waals surface area contributed by atoms with Gasteiger partial charge in [-0.25, -0.2) is 15.0 Å². The topological polar surface area (TPSA) is 211 Å². The fourth-order valence-electron chi connectivity index (χ4n) is 4.10. The summed E-state index contributed by atoms with van der Waals surface area (Å²) in [6, 6.07) is 3.85. The first-order valence-corrected chi connectivity index (χ1v) is 12.4. The Morgan fingerprint density at radius 3 is 2.90 bits per heavy atom. The number of aliphatic hydroxyl groups is 1. The SMILES string of the molecule is CNC(=O)[C@H]1O[C@@H](n2cnc3c(NCc4cc(Cl)ccc4OCC(=O)NCCOC)ncnc32)[C@H](O)[C@@H]1N=[N+]=[N-]. The van der Waals surface area contributed by atoms with Crippen molar-refractivity contribution in [3.8, 4) is 5.75 Å². The smallest absolute Gasteiger partial charge is 0.258 e. The molecule has 0 bridgehead atoms. The van der Waals surface area contributed by atoms with Crippen LogP contribution in [0, 0.1) is 0 Å². The third-order valence-corrected chi connectivity index (χ3v) is 6.25. The summed E-state index contributed by atoms with van der Waals surface area (Å²) in [7, 11) is 2.95. The molecule has 40 heavy (non-hydrogen) atoms. The van der Waals surface area contributed by atoms with E-state index in [0.717, 1.165) is 0 Å². The summed E-state index contributed by atoms with van der Waals surface area (Å²) < 4.78 is 17.8. The second kappa shape index (κ2) is 13.2. The normalized spacial score (nSPS) is 20.1. The molecule has 16 nitrogen and oxygen atoms in total. The van der Waals surface area contributed by atoms with Gasteiger partial charge in [-0.15, -0.1) is 0 Å². The fraction of sp³-hybridized carbons (Fsp3) is 0.435. The summed E-state index contributed by atoms with van der Waals surface area (Å²) in [4.78, 5) is 39.9. The number of imidazole rings is 1. The fourth-order valence-corrected chi connectivity index (χ4v) is 4.29. The number of hydrogen-bond acceptors (Lipinski definition) is 11. The Labute approximate surface area is 232 Å². The molecule has 1 aliphatic heterocycles. The number of amides is 2. The average molecular weight is 575 g/mol. The molecule has 1 fully saturated rings. The second-order valence-corrected chi connectivity index (χ2v) is 8.97. The molecule has 0 unspecified atom stereocenters. The van der Waals surface area contributed by atoms with E-state index in [9.17, 15) is 14.7 Å². The maximum atomic E-state index is 12.3. The van der Waals surface area contributed by atoms with Gasteiger partial charge in [0.25, 0.3) is 5.91 Å². The number of halogens is 1. The molecule has 3 heterocycles. The van der Waals surface area contributed by atoms with E-state index < -0.39 is 30.4 Å². The maximum absolute atomic E-state index is 12.3. The Morgan fingerprint density at radius 2 is 2.15 bits per heavy atom. The van der Waals surface area contributed by atoms with Crippen LogP contribution in [0.15, 0.2) is 36.0 Å². The lowest BCUT2D eigenvalue weighted by Gasteiger charge is -2.17. The van der Waals surface area contributed by atoms with Crippen LogP contribution in [0.1, 0.15) is 11.8 Å². The van der Waals surface area contributed by atoms with Crippen molar-refractivity contribution in [2.24, 2.45) is 5.11 Å². The lowest BCUT2D eigenvalue weighted by atomic mass is 10.1. The zero-order valence-electron chi connectivity index (χ0n) is 21.5. The molecular formula is C23H27ClN10O6. The Balaban J connectivity index is 1.52. The molecule has 4 atom stereocenters. The molecule has 1 aromatic carbocycles. The summed E-state index contributed by atoms with van der Waals surface area (Å²) in [5.41, 5.74) is 10.2. The summed E-state index contributed by atoms with van der Waals surface area (Å²) >= 11 is 6.20. The summed E-state index contributed by atoms with van der Waals surface area (Å²) in [5, 5.41) is 23.1. The van der Waals surface area contributed by atoms with E-state index in [1.54, 1.807) is 25.3 Å². The van der Waals surface area contributed by atoms with E-state index in [2.05, 4.69) is 40.9 Å². The lowest BCUT2D eigenvalue weighted by molar-refractivity contribution is -0.134. The number of azide groups is 1. The predicted octanol–water partition coefficient (Wildman–Crippen LogP) is 0.916. The predicted molar refractivity (Wildman–Crippen MR) is 141 cm³/mol. The van der Waals surface area contributed by atoms with E-state index in [1.165, 1.54) is 24.3 Å². The monoisotopic (exact) mass is 574 g/mol. The first kappa shape index (κ1) is 28.8. The van der Waals surface area contributed by atoms with Crippen molar-refractivity contribution in [3.05, 3.63) is 51.9 Å².